The Morgan fingerprint density at radius 2 is 2.29 bits per heavy atom. The lowest BCUT2D eigenvalue weighted by Crippen LogP contribution is -1.95. The molecule has 5 nitrogen and oxygen atoms in total. The summed E-state index contributed by atoms with van der Waals surface area (Å²) in [6.45, 7) is 0. The van der Waals surface area contributed by atoms with E-state index in [-0.39, 0.29) is 11.3 Å². The fourth-order valence-corrected chi connectivity index (χ4v) is 1.12. The highest BCUT2D eigenvalue weighted by atomic mass is 16.3. The molecule has 0 aliphatic heterocycles. The van der Waals surface area contributed by atoms with E-state index in [1.807, 2.05) is 0 Å². The van der Waals surface area contributed by atoms with Crippen molar-refractivity contribution in [2.75, 3.05) is 0 Å². The van der Waals surface area contributed by atoms with Crippen molar-refractivity contribution in [3.8, 4) is 11.4 Å². The number of carbonyl (C=O) groups excluding carboxylic acids is 1. The molecule has 2 rings (SSSR count). The van der Waals surface area contributed by atoms with Crippen molar-refractivity contribution in [1.29, 1.82) is 0 Å². The number of hydrogen-bond donors (Lipinski definition) is 1. The van der Waals surface area contributed by atoms with E-state index in [4.69, 9.17) is 0 Å². The van der Waals surface area contributed by atoms with E-state index in [9.17, 15) is 9.90 Å². The molecular formula is C9H7N3O2. The van der Waals surface area contributed by atoms with Gasteiger partial charge in [-0.1, -0.05) is 5.21 Å². The lowest BCUT2D eigenvalue weighted by atomic mass is 10.2. The molecule has 0 radical (unpaired) electrons. The third-order valence-electron chi connectivity index (χ3n) is 1.83. The summed E-state index contributed by atoms with van der Waals surface area (Å²) in [6, 6.07) is 4.66. The Labute approximate surface area is 79.6 Å². The number of nitrogens with zero attached hydrogens (tertiary/aromatic N) is 3. The number of aldehydes is 1. The maximum atomic E-state index is 10.4. The summed E-state index contributed by atoms with van der Waals surface area (Å²) in [7, 11) is 0. The average Bonchev–Trinajstić information content (AvgIpc) is 2.70. The van der Waals surface area contributed by atoms with E-state index < -0.39 is 0 Å². The van der Waals surface area contributed by atoms with Crippen LogP contribution in [0.5, 0.6) is 5.75 Å². The van der Waals surface area contributed by atoms with E-state index in [2.05, 4.69) is 10.3 Å². The normalized spacial score (nSPS) is 10.0. The number of phenols is 1. The van der Waals surface area contributed by atoms with Crippen LogP contribution >= 0.6 is 0 Å². The smallest absolute Gasteiger partial charge is 0.153 e. The molecule has 1 aromatic carbocycles. The van der Waals surface area contributed by atoms with Gasteiger partial charge in [-0.3, -0.25) is 4.79 Å². The van der Waals surface area contributed by atoms with Crippen molar-refractivity contribution in [2.24, 2.45) is 0 Å². The van der Waals surface area contributed by atoms with Crippen LogP contribution in [0.1, 0.15) is 10.4 Å². The maximum absolute atomic E-state index is 10.4. The van der Waals surface area contributed by atoms with Gasteiger partial charge in [-0.15, -0.1) is 5.10 Å². The molecule has 0 atom stereocenters. The van der Waals surface area contributed by atoms with Gasteiger partial charge in [0.25, 0.3) is 0 Å². The molecule has 1 heterocycles. The van der Waals surface area contributed by atoms with Gasteiger partial charge < -0.3 is 5.11 Å². The lowest BCUT2D eigenvalue weighted by Gasteiger charge is -2.01. The summed E-state index contributed by atoms with van der Waals surface area (Å²) in [4.78, 5) is 10.4. The molecule has 0 saturated carbocycles. The van der Waals surface area contributed by atoms with Crippen LogP contribution in [-0.2, 0) is 0 Å². The third kappa shape index (κ3) is 1.35. The van der Waals surface area contributed by atoms with Crippen LogP contribution in [0.3, 0.4) is 0 Å². The number of phenolic OH excluding ortho intramolecular Hbond substituents is 1. The molecule has 2 aromatic rings. The van der Waals surface area contributed by atoms with E-state index in [0.29, 0.717) is 12.0 Å². The average molecular weight is 189 g/mol. The SMILES string of the molecule is O=Cc1ccc(-n2ccnn2)cc1O. The number of rotatable bonds is 2. The number of aromatic hydroxyl groups is 1. The Kier molecular flexibility index (Phi) is 1.98. The zero-order valence-corrected chi connectivity index (χ0v) is 7.16. The van der Waals surface area contributed by atoms with Crippen LogP contribution in [0.4, 0.5) is 0 Å². The van der Waals surface area contributed by atoms with Crippen molar-refractivity contribution in [3.63, 3.8) is 0 Å². The molecule has 0 fully saturated rings. The fourth-order valence-electron chi connectivity index (χ4n) is 1.12. The van der Waals surface area contributed by atoms with Crippen molar-refractivity contribution < 1.29 is 9.90 Å². The molecule has 0 unspecified atom stereocenters. The van der Waals surface area contributed by atoms with Gasteiger partial charge in [0.2, 0.25) is 0 Å². The van der Waals surface area contributed by atoms with Crippen molar-refractivity contribution >= 4 is 6.29 Å². The summed E-state index contributed by atoms with van der Waals surface area (Å²) in [5.41, 5.74) is 0.916. The Bertz CT molecular complexity index is 451. The van der Waals surface area contributed by atoms with Crippen molar-refractivity contribution in [3.05, 3.63) is 36.2 Å². The minimum atomic E-state index is -0.0620. The Morgan fingerprint density at radius 3 is 2.86 bits per heavy atom. The van der Waals surface area contributed by atoms with E-state index in [0.717, 1.165) is 0 Å². The zero-order chi connectivity index (χ0) is 9.97. The second kappa shape index (κ2) is 3.29. The quantitative estimate of drug-likeness (QED) is 0.709. The van der Waals surface area contributed by atoms with Crippen LogP contribution in [0.15, 0.2) is 30.6 Å². The topological polar surface area (TPSA) is 68.0 Å². The predicted octanol–water partition coefficient (Wildman–Crippen LogP) is 0.785. The van der Waals surface area contributed by atoms with Gasteiger partial charge in [-0.05, 0) is 12.1 Å². The molecule has 14 heavy (non-hydrogen) atoms. The number of benzene rings is 1. The van der Waals surface area contributed by atoms with E-state index in [1.165, 1.54) is 23.0 Å². The monoisotopic (exact) mass is 189 g/mol. The molecule has 0 saturated heterocycles. The van der Waals surface area contributed by atoms with E-state index >= 15 is 0 Å². The molecule has 1 N–H and O–H groups in total. The van der Waals surface area contributed by atoms with Gasteiger partial charge in [0.05, 0.1) is 23.6 Å². The first-order valence-electron chi connectivity index (χ1n) is 3.96. The maximum Gasteiger partial charge on any atom is 0.153 e. The highest BCUT2D eigenvalue weighted by Crippen LogP contribution is 2.18. The largest absolute Gasteiger partial charge is 0.507 e. The highest BCUT2D eigenvalue weighted by molar-refractivity contribution is 5.79. The summed E-state index contributed by atoms with van der Waals surface area (Å²) in [5, 5.41) is 16.8. The Balaban J connectivity index is 2.48. The van der Waals surface area contributed by atoms with Crippen LogP contribution in [-0.4, -0.2) is 26.4 Å². The molecule has 0 aliphatic rings. The van der Waals surface area contributed by atoms with Gasteiger partial charge in [-0.25, -0.2) is 4.68 Å². The molecule has 0 amide bonds. The molecule has 0 bridgehead atoms. The molecule has 0 aliphatic carbocycles. The van der Waals surface area contributed by atoms with Gasteiger partial charge >= 0.3 is 0 Å². The third-order valence-corrected chi connectivity index (χ3v) is 1.83. The zero-order valence-electron chi connectivity index (χ0n) is 7.16. The number of hydrogen-bond acceptors (Lipinski definition) is 4. The summed E-state index contributed by atoms with van der Waals surface area (Å²) < 4.78 is 1.49. The van der Waals surface area contributed by atoms with Gasteiger partial charge in [0, 0.05) is 6.07 Å². The number of aromatic nitrogens is 3. The standard InChI is InChI=1S/C9H7N3O2/c13-6-7-1-2-8(5-9(7)14)12-4-3-10-11-12/h1-6,14H. The van der Waals surface area contributed by atoms with Gasteiger partial charge in [0.1, 0.15) is 5.75 Å². The minimum absolute atomic E-state index is 0.0620. The first-order valence-corrected chi connectivity index (χ1v) is 3.96. The van der Waals surface area contributed by atoms with Gasteiger partial charge in [-0.2, -0.15) is 0 Å². The second-order valence-electron chi connectivity index (χ2n) is 2.71. The van der Waals surface area contributed by atoms with Crippen LogP contribution in [0.2, 0.25) is 0 Å². The van der Waals surface area contributed by atoms with E-state index in [1.54, 1.807) is 12.3 Å². The fraction of sp³-hybridized carbons (Fsp3) is 0. The first-order chi connectivity index (χ1) is 6.81. The molecule has 1 aromatic heterocycles. The second-order valence-corrected chi connectivity index (χ2v) is 2.71. The van der Waals surface area contributed by atoms with Crippen LogP contribution < -0.4 is 0 Å². The molecule has 0 spiro atoms. The number of carbonyl (C=O) groups is 1. The summed E-state index contributed by atoms with van der Waals surface area (Å²) in [5.74, 6) is -0.0620. The summed E-state index contributed by atoms with van der Waals surface area (Å²) in [6.07, 6.45) is 3.78. The molecule has 5 heteroatoms. The Hall–Kier alpha value is -2.17. The van der Waals surface area contributed by atoms with Crippen LogP contribution in [0, 0.1) is 0 Å². The first kappa shape index (κ1) is 8.43. The van der Waals surface area contributed by atoms with Crippen molar-refractivity contribution in [1.82, 2.24) is 15.0 Å². The van der Waals surface area contributed by atoms with Gasteiger partial charge in [0.15, 0.2) is 6.29 Å². The predicted molar refractivity (Wildman–Crippen MR) is 48.4 cm³/mol. The minimum Gasteiger partial charge on any atom is -0.507 e. The summed E-state index contributed by atoms with van der Waals surface area (Å²) >= 11 is 0. The molecular weight excluding hydrogens is 182 g/mol. The van der Waals surface area contributed by atoms with Crippen LogP contribution in [0.25, 0.3) is 5.69 Å². The Morgan fingerprint density at radius 1 is 1.43 bits per heavy atom. The van der Waals surface area contributed by atoms with Crippen molar-refractivity contribution in [2.45, 2.75) is 0 Å². The lowest BCUT2D eigenvalue weighted by molar-refractivity contribution is 0.112. The molecule has 70 valence electrons. The highest BCUT2D eigenvalue weighted by Gasteiger charge is 2.02.